The van der Waals surface area contributed by atoms with Crippen LogP contribution in [0.25, 0.3) is 0 Å². The maximum Gasteiger partial charge on any atom is 0.308 e. The number of aliphatic hydroxyl groups is 4. The van der Waals surface area contributed by atoms with Crippen LogP contribution in [0.5, 0.6) is 0 Å². The van der Waals surface area contributed by atoms with Crippen LogP contribution in [0.3, 0.4) is 0 Å². The van der Waals surface area contributed by atoms with Crippen molar-refractivity contribution in [2.45, 2.75) is 95.4 Å². The van der Waals surface area contributed by atoms with E-state index in [0.29, 0.717) is 27.8 Å². The van der Waals surface area contributed by atoms with E-state index in [2.05, 4.69) is 5.32 Å². The molecule has 3 unspecified atom stereocenters. The van der Waals surface area contributed by atoms with Crippen LogP contribution in [0.15, 0.2) is 83.5 Å². The molecule has 48 heavy (non-hydrogen) atoms. The number of fused-ring (bicyclic) bond motifs is 2. The van der Waals surface area contributed by atoms with Gasteiger partial charge in [0, 0.05) is 35.7 Å². The maximum atomic E-state index is 13.8. The molecule has 10 nitrogen and oxygen atoms in total. The molecular formula is C38H45NO9. The summed E-state index contributed by atoms with van der Waals surface area (Å²) < 4.78 is 12.1. The first kappa shape index (κ1) is 34.0. The zero-order valence-corrected chi connectivity index (χ0v) is 27.8. The fourth-order valence-electron chi connectivity index (χ4n) is 8.70. The van der Waals surface area contributed by atoms with E-state index in [0.717, 1.165) is 0 Å². The molecule has 2 fully saturated rings. The van der Waals surface area contributed by atoms with Crippen molar-refractivity contribution in [3.63, 3.8) is 0 Å². The van der Waals surface area contributed by atoms with Crippen LogP contribution in [0.4, 0.5) is 0 Å². The third kappa shape index (κ3) is 5.58. The number of nitrogens with one attached hydrogen (secondary N) is 1. The van der Waals surface area contributed by atoms with Crippen molar-refractivity contribution in [2.75, 3.05) is 6.61 Å². The highest BCUT2D eigenvalue weighted by Crippen LogP contribution is 2.69. The van der Waals surface area contributed by atoms with Crippen molar-refractivity contribution in [2.24, 2.45) is 16.7 Å². The Bertz CT molecular complexity index is 1650. The maximum absolute atomic E-state index is 13.8. The lowest BCUT2D eigenvalue weighted by Gasteiger charge is -2.59. The largest absolute Gasteiger partial charge is 0.458 e. The van der Waals surface area contributed by atoms with E-state index in [1.165, 1.54) is 6.92 Å². The molecule has 2 saturated carbocycles. The summed E-state index contributed by atoms with van der Waals surface area (Å²) in [7, 11) is 0. The molecular weight excluding hydrogens is 614 g/mol. The minimum atomic E-state index is -1.61. The summed E-state index contributed by atoms with van der Waals surface area (Å²) in [4.78, 5) is 39.5. The van der Waals surface area contributed by atoms with Crippen molar-refractivity contribution in [1.29, 1.82) is 0 Å². The minimum absolute atomic E-state index is 0.00842. The van der Waals surface area contributed by atoms with Gasteiger partial charge >= 0.3 is 11.9 Å². The fraction of sp³-hybridized carbons (Fsp3) is 0.500. The highest BCUT2D eigenvalue weighted by atomic mass is 16.6. The average Bonchev–Trinajstić information content (AvgIpc) is 3.79. The molecule has 4 aliphatic carbocycles. The van der Waals surface area contributed by atoms with Gasteiger partial charge in [-0.05, 0) is 60.6 Å². The number of amides is 1. The van der Waals surface area contributed by atoms with Crippen LogP contribution in [0.2, 0.25) is 0 Å². The van der Waals surface area contributed by atoms with Gasteiger partial charge in [0.2, 0.25) is 0 Å². The third-order valence-electron chi connectivity index (χ3n) is 11.5. The van der Waals surface area contributed by atoms with Crippen molar-refractivity contribution in [3.8, 4) is 0 Å². The number of benzene rings is 2. The van der Waals surface area contributed by atoms with Crippen LogP contribution in [-0.2, 0) is 19.1 Å². The van der Waals surface area contributed by atoms with Crippen molar-refractivity contribution in [3.05, 3.63) is 94.6 Å². The lowest BCUT2D eigenvalue weighted by atomic mass is 9.50. The molecule has 5 N–H and O–H groups in total. The lowest BCUT2D eigenvalue weighted by Crippen LogP contribution is -2.64. The van der Waals surface area contributed by atoms with E-state index < -0.39 is 70.8 Å². The molecule has 2 bridgehead atoms. The van der Waals surface area contributed by atoms with Crippen LogP contribution in [-0.4, -0.2) is 74.4 Å². The SMILES string of the molecule is CC(=O)O[C@H]1C2=C[C@@]23C(C[C@]2(O)C[C@H](OC(=O)CC(NC(=O)c4ccccc4)c4ccccc4)C(C)=C1C2(C)C)C(O)(CO)CC[C@@H]3O. The van der Waals surface area contributed by atoms with Gasteiger partial charge in [0.05, 0.1) is 36.4 Å². The quantitative estimate of drug-likeness (QED) is 0.210. The van der Waals surface area contributed by atoms with Gasteiger partial charge in [-0.1, -0.05) is 68.5 Å². The predicted octanol–water partition coefficient (Wildman–Crippen LogP) is 3.69. The number of hydrogen-bond acceptors (Lipinski definition) is 9. The van der Waals surface area contributed by atoms with Crippen molar-refractivity contribution >= 4 is 17.8 Å². The van der Waals surface area contributed by atoms with Crippen LogP contribution in [0.1, 0.15) is 81.8 Å². The van der Waals surface area contributed by atoms with E-state index in [9.17, 15) is 34.8 Å². The van der Waals surface area contributed by atoms with Gasteiger partial charge in [0.15, 0.2) is 0 Å². The fourth-order valence-corrected chi connectivity index (χ4v) is 8.70. The summed E-state index contributed by atoms with van der Waals surface area (Å²) in [5.41, 5.74) is -2.32. The second-order valence-electron chi connectivity index (χ2n) is 14.5. The minimum Gasteiger partial charge on any atom is -0.458 e. The van der Waals surface area contributed by atoms with E-state index in [-0.39, 0.29) is 38.0 Å². The van der Waals surface area contributed by atoms with Gasteiger partial charge in [-0.25, -0.2) is 0 Å². The first-order valence-electron chi connectivity index (χ1n) is 16.6. The first-order chi connectivity index (χ1) is 22.7. The molecule has 8 atom stereocenters. The van der Waals surface area contributed by atoms with E-state index in [4.69, 9.17) is 9.47 Å². The summed E-state index contributed by atoms with van der Waals surface area (Å²) in [6, 6.07) is 17.1. The molecule has 0 aliphatic heterocycles. The molecule has 2 aromatic carbocycles. The first-order valence-corrected chi connectivity index (χ1v) is 16.6. The van der Waals surface area contributed by atoms with Gasteiger partial charge in [-0.15, -0.1) is 0 Å². The normalized spacial score (nSPS) is 33.9. The molecule has 0 aromatic heterocycles. The number of ether oxygens (including phenoxy) is 2. The Morgan fingerprint density at radius 2 is 1.62 bits per heavy atom. The number of carbonyl (C=O) groups excluding carboxylic acids is 3. The van der Waals surface area contributed by atoms with Crippen molar-refractivity contribution in [1.82, 2.24) is 5.32 Å². The van der Waals surface area contributed by atoms with Crippen LogP contribution < -0.4 is 5.32 Å². The van der Waals surface area contributed by atoms with Gasteiger partial charge in [-0.3, -0.25) is 14.4 Å². The molecule has 0 saturated heterocycles. The second-order valence-corrected chi connectivity index (χ2v) is 14.5. The predicted molar refractivity (Wildman–Crippen MR) is 175 cm³/mol. The van der Waals surface area contributed by atoms with Gasteiger partial charge in [-0.2, -0.15) is 0 Å². The standard InChI is InChI=1S/C38H45NO9/c1-22-28(48-31(43)17-27(24-11-7-5-8-12-24)39-34(44)25-13-9-6-10-14-25)19-37(46)20-29-36(45,21-40)16-15-30(42)38(29)18-26(38)33(47-23(2)41)32(22)35(37,3)4/h5-14,18,27-30,33,40,42,45-46H,15-17,19-21H2,1-4H3,(H,39,44)/t27?,28-,29?,30-,33-,36?,37+,38-/m0/s1. The zero-order chi connectivity index (χ0) is 34.6. The zero-order valence-electron chi connectivity index (χ0n) is 27.8. The Kier molecular flexibility index (Phi) is 8.69. The van der Waals surface area contributed by atoms with Crippen molar-refractivity contribution < 1.29 is 44.3 Å². The number of carbonyl (C=O) groups is 3. The summed E-state index contributed by atoms with van der Waals surface area (Å²) in [6.45, 7) is 6.21. The van der Waals surface area contributed by atoms with Crippen LogP contribution in [0, 0.1) is 16.7 Å². The van der Waals surface area contributed by atoms with Crippen LogP contribution >= 0.6 is 0 Å². The molecule has 0 heterocycles. The number of aliphatic hydroxyl groups excluding tert-OH is 2. The topological polar surface area (TPSA) is 163 Å². The Labute approximate surface area is 280 Å². The number of rotatable bonds is 8. The second kappa shape index (κ2) is 12.2. The van der Waals surface area contributed by atoms with E-state index >= 15 is 0 Å². The molecule has 1 spiro atoms. The molecule has 10 heteroatoms. The summed E-state index contributed by atoms with van der Waals surface area (Å²) in [5, 5.41) is 49.1. The number of esters is 2. The Balaban J connectivity index is 1.35. The molecule has 6 rings (SSSR count). The highest BCUT2D eigenvalue weighted by molar-refractivity contribution is 5.94. The van der Waals surface area contributed by atoms with E-state index in [1.54, 1.807) is 31.2 Å². The smallest absolute Gasteiger partial charge is 0.308 e. The third-order valence-corrected chi connectivity index (χ3v) is 11.5. The summed E-state index contributed by atoms with van der Waals surface area (Å²) >= 11 is 0. The Hall–Kier alpha value is -3.83. The molecule has 1 amide bonds. The average molecular weight is 660 g/mol. The van der Waals surface area contributed by atoms with Gasteiger partial charge < -0.3 is 35.2 Å². The molecule has 2 aromatic rings. The van der Waals surface area contributed by atoms with Gasteiger partial charge in [0.25, 0.3) is 5.91 Å². The van der Waals surface area contributed by atoms with Gasteiger partial charge in [0.1, 0.15) is 12.2 Å². The number of hydrogen-bond donors (Lipinski definition) is 5. The Morgan fingerprint density at radius 3 is 2.25 bits per heavy atom. The molecule has 256 valence electrons. The lowest BCUT2D eigenvalue weighted by molar-refractivity contribution is -0.195. The molecule has 0 radical (unpaired) electrons. The Morgan fingerprint density at radius 1 is 0.979 bits per heavy atom. The van der Waals surface area contributed by atoms with E-state index in [1.807, 2.05) is 56.3 Å². The monoisotopic (exact) mass is 659 g/mol. The summed E-state index contributed by atoms with van der Waals surface area (Å²) in [6.07, 6.45) is -0.860. The summed E-state index contributed by atoms with van der Waals surface area (Å²) in [5.74, 6) is -2.31. The highest BCUT2D eigenvalue weighted by Gasteiger charge is 2.71. The molecule has 4 aliphatic rings.